The molecule has 20 heavy (non-hydrogen) atoms. The van der Waals surface area contributed by atoms with E-state index in [1.165, 1.54) is 7.11 Å². The van der Waals surface area contributed by atoms with E-state index in [9.17, 15) is 9.59 Å². The number of amides is 1. The summed E-state index contributed by atoms with van der Waals surface area (Å²) < 4.78 is 4.52. The van der Waals surface area contributed by atoms with Crippen molar-refractivity contribution in [2.75, 3.05) is 12.9 Å². The number of hydrogen-bond acceptors (Lipinski definition) is 4. The first kappa shape index (κ1) is 15.2. The number of benzene rings is 1. The van der Waals surface area contributed by atoms with E-state index in [2.05, 4.69) is 10.1 Å². The monoisotopic (exact) mass is 313 g/mol. The Bertz CT molecular complexity index is 521. The molecule has 1 aliphatic heterocycles. The molecule has 1 amide bonds. The van der Waals surface area contributed by atoms with Crippen LogP contribution in [0.1, 0.15) is 30.9 Å². The lowest BCUT2D eigenvalue weighted by Crippen LogP contribution is -2.30. The molecule has 0 saturated carbocycles. The zero-order valence-electron chi connectivity index (χ0n) is 11.1. The van der Waals surface area contributed by atoms with Gasteiger partial charge in [-0.3, -0.25) is 9.59 Å². The highest BCUT2D eigenvalue weighted by atomic mass is 35.5. The van der Waals surface area contributed by atoms with Crippen molar-refractivity contribution in [3.63, 3.8) is 0 Å². The Morgan fingerprint density at radius 2 is 2.25 bits per heavy atom. The van der Waals surface area contributed by atoms with Crippen molar-refractivity contribution in [1.82, 2.24) is 5.32 Å². The van der Waals surface area contributed by atoms with Gasteiger partial charge in [0.2, 0.25) is 5.91 Å². The Morgan fingerprint density at radius 1 is 1.45 bits per heavy atom. The number of rotatable bonds is 4. The molecular weight excluding hydrogens is 298 g/mol. The SMILES string of the molecule is COC(=O)CCC(=O)N[C@H]1CCSc2ccc(Cl)cc21. The Morgan fingerprint density at radius 3 is 3.00 bits per heavy atom. The van der Waals surface area contributed by atoms with Crippen molar-refractivity contribution >= 4 is 35.2 Å². The second-order valence-electron chi connectivity index (χ2n) is 4.52. The summed E-state index contributed by atoms with van der Waals surface area (Å²) in [6.07, 6.45) is 1.11. The van der Waals surface area contributed by atoms with Gasteiger partial charge in [-0.2, -0.15) is 0 Å². The van der Waals surface area contributed by atoms with E-state index in [1.807, 2.05) is 18.2 Å². The molecule has 1 N–H and O–H groups in total. The van der Waals surface area contributed by atoms with Crippen LogP contribution in [0.3, 0.4) is 0 Å². The fourth-order valence-electron chi connectivity index (χ4n) is 2.10. The number of hydrogen-bond donors (Lipinski definition) is 1. The molecular formula is C14H16ClNO3S. The third-order valence-electron chi connectivity index (χ3n) is 3.13. The van der Waals surface area contributed by atoms with Gasteiger partial charge in [0.15, 0.2) is 0 Å². The van der Waals surface area contributed by atoms with Crippen molar-refractivity contribution in [2.45, 2.75) is 30.2 Å². The van der Waals surface area contributed by atoms with Crippen LogP contribution in [0.2, 0.25) is 5.02 Å². The largest absolute Gasteiger partial charge is 0.469 e. The minimum Gasteiger partial charge on any atom is -0.469 e. The first-order chi connectivity index (χ1) is 9.60. The van der Waals surface area contributed by atoms with Crippen LogP contribution < -0.4 is 5.32 Å². The molecule has 0 unspecified atom stereocenters. The topological polar surface area (TPSA) is 55.4 Å². The van der Waals surface area contributed by atoms with Crippen LogP contribution in [0.15, 0.2) is 23.1 Å². The molecule has 0 saturated heterocycles. The standard InChI is InChI=1S/C14H16ClNO3S/c1-19-14(18)5-4-13(17)16-11-6-7-20-12-3-2-9(15)8-10(11)12/h2-3,8,11H,4-7H2,1H3,(H,16,17)/t11-/m0/s1. The molecule has 6 heteroatoms. The summed E-state index contributed by atoms with van der Waals surface area (Å²) >= 11 is 7.78. The molecule has 1 aromatic rings. The zero-order valence-corrected chi connectivity index (χ0v) is 12.7. The number of carbonyl (C=O) groups is 2. The highest BCUT2D eigenvalue weighted by Gasteiger charge is 2.22. The molecule has 4 nitrogen and oxygen atoms in total. The van der Waals surface area contributed by atoms with Gasteiger partial charge in [-0.1, -0.05) is 11.6 Å². The van der Waals surface area contributed by atoms with Crippen LogP contribution in [0.25, 0.3) is 0 Å². The van der Waals surface area contributed by atoms with Gasteiger partial charge >= 0.3 is 5.97 Å². The predicted molar refractivity (Wildman–Crippen MR) is 78.9 cm³/mol. The average molecular weight is 314 g/mol. The van der Waals surface area contributed by atoms with Crippen LogP contribution in [0, 0.1) is 0 Å². The van der Waals surface area contributed by atoms with Gasteiger partial charge in [0.05, 0.1) is 19.6 Å². The van der Waals surface area contributed by atoms with Crippen LogP contribution in [0.4, 0.5) is 0 Å². The number of carbonyl (C=O) groups excluding carboxylic acids is 2. The van der Waals surface area contributed by atoms with Gasteiger partial charge in [0, 0.05) is 22.1 Å². The molecule has 0 spiro atoms. The third-order valence-corrected chi connectivity index (χ3v) is 4.49. The Labute approximate surface area is 127 Å². The Kier molecular flexibility index (Phi) is 5.31. The zero-order chi connectivity index (χ0) is 14.5. The van der Waals surface area contributed by atoms with Gasteiger partial charge in [0.1, 0.15) is 0 Å². The summed E-state index contributed by atoms with van der Waals surface area (Å²) in [4.78, 5) is 24.0. The van der Waals surface area contributed by atoms with Crippen molar-refractivity contribution in [3.05, 3.63) is 28.8 Å². The number of fused-ring (bicyclic) bond motifs is 1. The number of methoxy groups -OCH3 is 1. The van der Waals surface area contributed by atoms with Gasteiger partial charge < -0.3 is 10.1 Å². The maximum absolute atomic E-state index is 11.9. The van der Waals surface area contributed by atoms with E-state index in [4.69, 9.17) is 11.6 Å². The smallest absolute Gasteiger partial charge is 0.306 e. The lowest BCUT2D eigenvalue weighted by Gasteiger charge is -2.26. The fraction of sp³-hybridized carbons (Fsp3) is 0.429. The summed E-state index contributed by atoms with van der Waals surface area (Å²) in [5, 5.41) is 3.63. The molecule has 0 radical (unpaired) electrons. The first-order valence-electron chi connectivity index (χ1n) is 6.38. The minimum absolute atomic E-state index is 0.0323. The normalized spacial score (nSPS) is 17.2. The van der Waals surface area contributed by atoms with E-state index in [-0.39, 0.29) is 30.8 Å². The van der Waals surface area contributed by atoms with Crippen LogP contribution in [0.5, 0.6) is 0 Å². The van der Waals surface area contributed by atoms with E-state index in [0.717, 1.165) is 22.6 Å². The molecule has 1 atom stereocenters. The molecule has 0 aromatic heterocycles. The molecule has 0 bridgehead atoms. The van der Waals surface area contributed by atoms with Crippen molar-refractivity contribution in [2.24, 2.45) is 0 Å². The number of nitrogens with one attached hydrogen (secondary N) is 1. The van der Waals surface area contributed by atoms with Crippen molar-refractivity contribution < 1.29 is 14.3 Å². The predicted octanol–water partition coefficient (Wildman–Crippen LogP) is 2.95. The summed E-state index contributed by atoms with van der Waals surface area (Å²) in [5.74, 6) is 0.442. The molecule has 1 aromatic carbocycles. The lowest BCUT2D eigenvalue weighted by molar-refractivity contribution is -0.142. The van der Waals surface area contributed by atoms with Crippen LogP contribution in [-0.4, -0.2) is 24.7 Å². The van der Waals surface area contributed by atoms with E-state index < -0.39 is 0 Å². The highest BCUT2D eigenvalue weighted by molar-refractivity contribution is 7.99. The Balaban J connectivity index is 1.99. The molecule has 1 aliphatic rings. The molecule has 1 heterocycles. The van der Waals surface area contributed by atoms with Crippen molar-refractivity contribution in [1.29, 1.82) is 0 Å². The van der Waals surface area contributed by atoms with E-state index in [0.29, 0.717) is 5.02 Å². The number of esters is 1. The number of ether oxygens (including phenoxy) is 1. The number of halogens is 1. The van der Waals surface area contributed by atoms with E-state index in [1.54, 1.807) is 11.8 Å². The van der Waals surface area contributed by atoms with Gasteiger partial charge in [0.25, 0.3) is 0 Å². The maximum Gasteiger partial charge on any atom is 0.306 e. The van der Waals surface area contributed by atoms with Crippen LogP contribution >= 0.6 is 23.4 Å². The van der Waals surface area contributed by atoms with E-state index >= 15 is 0 Å². The van der Waals surface area contributed by atoms with Crippen molar-refractivity contribution in [3.8, 4) is 0 Å². The lowest BCUT2D eigenvalue weighted by atomic mass is 10.0. The quantitative estimate of drug-likeness (QED) is 0.868. The average Bonchev–Trinajstić information content (AvgIpc) is 2.45. The summed E-state index contributed by atoms with van der Waals surface area (Å²) in [6.45, 7) is 0. The summed E-state index contributed by atoms with van der Waals surface area (Å²) in [5.41, 5.74) is 1.06. The minimum atomic E-state index is -0.372. The second-order valence-corrected chi connectivity index (χ2v) is 6.09. The fourth-order valence-corrected chi connectivity index (χ4v) is 3.39. The number of thioether (sulfide) groups is 1. The van der Waals surface area contributed by atoms with Crippen LogP contribution in [-0.2, 0) is 14.3 Å². The third kappa shape index (κ3) is 3.90. The van der Waals surface area contributed by atoms with Gasteiger partial charge in [-0.15, -0.1) is 11.8 Å². The Hall–Kier alpha value is -1.20. The highest BCUT2D eigenvalue weighted by Crippen LogP contribution is 2.37. The molecule has 0 aliphatic carbocycles. The molecule has 2 rings (SSSR count). The second kappa shape index (κ2) is 6.99. The maximum atomic E-state index is 11.9. The summed E-state index contributed by atoms with van der Waals surface area (Å²) in [6, 6.07) is 5.70. The molecule has 108 valence electrons. The first-order valence-corrected chi connectivity index (χ1v) is 7.75. The van der Waals surface area contributed by atoms with Gasteiger partial charge in [-0.05, 0) is 30.2 Å². The summed E-state index contributed by atoms with van der Waals surface area (Å²) in [7, 11) is 1.32. The molecule has 0 fully saturated rings. The van der Waals surface area contributed by atoms with Gasteiger partial charge in [-0.25, -0.2) is 0 Å².